The second-order valence-electron chi connectivity index (χ2n) is 4.84. The molecule has 1 unspecified atom stereocenters. The van der Waals surface area contributed by atoms with Crippen molar-refractivity contribution in [3.05, 3.63) is 35.0 Å². The van der Waals surface area contributed by atoms with E-state index in [1.165, 1.54) is 23.3 Å². The van der Waals surface area contributed by atoms with Gasteiger partial charge < -0.3 is 10.6 Å². The molecule has 0 saturated carbocycles. The maximum atomic E-state index is 5.74. The predicted octanol–water partition coefficient (Wildman–Crippen LogP) is 3.02. The first-order chi connectivity index (χ1) is 9.28. The van der Waals surface area contributed by atoms with Gasteiger partial charge in [0.2, 0.25) is 0 Å². The minimum absolute atomic E-state index is 0.327. The summed E-state index contributed by atoms with van der Waals surface area (Å²) in [6.07, 6.45) is 5.30. The first kappa shape index (κ1) is 12.4. The number of hydrogen-bond donors (Lipinski definition) is 1. The van der Waals surface area contributed by atoms with Crippen LogP contribution in [0.4, 0.5) is 10.9 Å². The summed E-state index contributed by atoms with van der Waals surface area (Å²) in [5, 5.41) is 2.72. The first-order valence-corrected chi connectivity index (χ1v) is 7.58. The zero-order valence-electron chi connectivity index (χ0n) is 11.0. The molecule has 2 aromatic rings. The molecule has 1 fully saturated rings. The van der Waals surface area contributed by atoms with Gasteiger partial charge in [-0.1, -0.05) is 13.0 Å². The highest BCUT2D eigenvalue weighted by molar-refractivity contribution is 7.13. The second kappa shape index (κ2) is 5.17. The minimum atomic E-state index is 0.327. The molecule has 3 rings (SSSR count). The third kappa shape index (κ3) is 2.42. The van der Waals surface area contributed by atoms with Crippen LogP contribution in [0, 0.1) is 0 Å². The largest absolute Gasteiger partial charge is 0.375 e. The molecule has 2 aromatic heterocycles. The van der Waals surface area contributed by atoms with Gasteiger partial charge in [0.1, 0.15) is 5.82 Å². The van der Waals surface area contributed by atoms with Crippen molar-refractivity contribution in [1.29, 1.82) is 0 Å². The van der Waals surface area contributed by atoms with Crippen molar-refractivity contribution >= 4 is 22.3 Å². The van der Waals surface area contributed by atoms with Gasteiger partial charge in [-0.3, -0.25) is 0 Å². The normalized spacial score (nSPS) is 19.0. The van der Waals surface area contributed by atoms with Crippen LogP contribution in [-0.4, -0.2) is 16.5 Å². The Hall–Kier alpha value is -1.62. The highest BCUT2D eigenvalue weighted by Gasteiger charge is 2.28. The topological polar surface area (TPSA) is 55.0 Å². The molecule has 1 atom stereocenters. The lowest BCUT2D eigenvalue weighted by atomic mass is 10.1. The summed E-state index contributed by atoms with van der Waals surface area (Å²) in [6, 6.07) is 4.61. The Bertz CT molecular complexity index is 549. The van der Waals surface area contributed by atoms with Crippen molar-refractivity contribution in [3.8, 4) is 0 Å². The summed E-state index contributed by atoms with van der Waals surface area (Å²) in [6.45, 7) is 3.19. The number of hydrogen-bond acceptors (Lipinski definition) is 5. The fourth-order valence-corrected chi connectivity index (χ4v) is 3.21. The van der Waals surface area contributed by atoms with E-state index in [1.807, 2.05) is 6.20 Å². The van der Waals surface area contributed by atoms with E-state index in [1.54, 1.807) is 0 Å². The maximum Gasteiger partial charge on any atom is 0.180 e. The molecule has 4 nitrogen and oxygen atoms in total. The van der Waals surface area contributed by atoms with Gasteiger partial charge in [-0.25, -0.2) is 9.97 Å². The van der Waals surface area contributed by atoms with Crippen LogP contribution < -0.4 is 10.6 Å². The van der Waals surface area contributed by atoms with Gasteiger partial charge in [-0.15, -0.1) is 11.3 Å². The maximum absolute atomic E-state index is 5.74. The lowest BCUT2D eigenvalue weighted by molar-refractivity contribution is 0.693. The second-order valence-corrected chi connectivity index (χ2v) is 5.73. The van der Waals surface area contributed by atoms with E-state index in [0.717, 1.165) is 30.9 Å². The molecule has 19 heavy (non-hydrogen) atoms. The van der Waals surface area contributed by atoms with Crippen LogP contribution in [0.3, 0.4) is 0 Å². The lowest BCUT2D eigenvalue weighted by Crippen LogP contribution is -2.23. The molecule has 100 valence electrons. The molecule has 1 aliphatic heterocycles. The van der Waals surface area contributed by atoms with Crippen LogP contribution in [-0.2, 0) is 6.42 Å². The Morgan fingerprint density at radius 2 is 2.37 bits per heavy atom. The van der Waals surface area contributed by atoms with Crippen molar-refractivity contribution in [2.75, 3.05) is 17.2 Å². The van der Waals surface area contributed by atoms with Gasteiger partial charge in [0, 0.05) is 18.1 Å². The molecular formula is C14H18N4S. The number of aryl methyl sites for hydroxylation is 1. The summed E-state index contributed by atoms with van der Waals surface area (Å²) >= 11 is 1.51. The number of pyridine rings is 1. The Balaban J connectivity index is 1.86. The Labute approximate surface area is 117 Å². The summed E-state index contributed by atoms with van der Waals surface area (Å²) in [4.78, 5) is 11.4. The molecule has 1 aliphatic rings. The molecule has 0 aliphatic carbocycles. The molecule has 3 heterocycles. The number of rotatable bonds is 3. The van der Waals surface area contributed by atoms with Gasteiger partial charge in [0.15, 0.2) is 5.13 Å². The molecule has 0 bridgehead atoms. The average Bonchev–Trinajstić information content (AvgIpc) is 3.07. The predicted molar refractivity (Wildman–Crippen MR) is 79.5 cm³/mol. The summed E-state index contributed by atoms with van der Waals surface area (Å²) in [5.41, 5.74) is 8.10. The minimum Gasteiger partial charge on any atom is -0.375 e. The summed E-state index contributed by atoms with van der Waals surface area (Å²) < 4.78 is 0. The smallest absolute Gasteiger partial charge is 0.180 e. The average molecular weight is 274 g/mol. The van der Waals surface area contributed by atoms with Crippen LogP contribution in [0.15, 0.2) is 23.7 Å². The van der Waals surface area contributed by atoms with E-state index in [0.29, 0.717) is 11.2 Å². The molecule has 0 spiro atoms. The molecular weight excluding hydrogens is 256 g/mol. The van der Waals surface area contributed by atoms with E-state index in [9.17, 15) is 0 Å². The van der Waals surface area contributed by atoms with Gasteiger partial charge >= 0.3 is 0 Å². The molecule has 5 heteroatoms. The van der Waals surface area contributed by atoms with Crippen molar-refractivity contribution in [2.45, 2.75) is 32.2 Å². The third-order valence-electron chi connectivity index (χ3n) is 3.65. The molecule has 0 aromatic carbocycles. The van der Waals surface area contributed by atoms with E-state index in [-0.39, 0.29) is 0 Å². The number of nitrogen functional groups attached to an aromatic ring is 1. The standard InChI is InChI=1S/C14H18N4S/c1-2-10-5-6-13(16-8-10)18-7-3-4-12(18)11-9-19-14(15)17-11/h5-6,8-9,12H,2-4,7H2,1H3,(H2,15,17). The molecule has 1 saturated heterocycles. The number of nitrogens with zero attached hydrogens (tertiary/aromatic N) is 3. The van der Waals surface area contributed by atoms with Gasteiger partial charge in [-0.05, 0) is 30.9 Å². The van der Waals surface area contributed by atoms with E-state index < -0.39 is 0 Å². The molecule has 0 amide bonds. The number of aromatic nitrogens is 2. The van der Waals surface area contributed by atoms with Crippen molar-refractivity contribution < 1.29 is 0 Å². The van der Waals surface area contributed by atoms with Gasteiger partial charge in [-0.2, -0.15) is 0 Å². The van der Waals surface area contributed by atoms with Crippen LogP contribution >= 0.6 is 11.3 Å². The van der Waals surface area contributed by atoms with Crippen LogP contribution in [0.1, 0.15) is 37.1 Å². The highest BCUT2D eigenvalue weighted by Crippen LogP contribution is 2.35. The fraction of sp³-hybridized carbons (Fsp3) is 0.429. The summed E-state index contributed by atoms with van der Waals surface area (Å²) in [7, 11) is 0. The Morgan fingerprint density at radius 3 is 3.00 bits per heavy atom. The number of thiazole rings is 1. The fourth-order valence-electron chi connectivity index (χ4n) is 2.60. The quantitative estimate of drug-likeness (QED) is 0.934. The number of anilines is 2. The summed E-state index contributed by atoms with van der Waals surface area (Å²) in [5.74, 6) is 1.05. The lowest BCUT2D eigenvalue weighted by Gasteiger charge is -2.24. The zero-order valence-corrected chi connectivity index (χ0v) is 11.9. The highest BCUT2D eigenvalue weighted by atomic mass is 32.1. The Kier molecular flexibility index (Phi) is 3.38. The van der Waals surface area contributed by atoms with E-state index in [4.69, 9.17) is 5.73 Å². The van der Waals surface area contributed by atoms with Crippen molar-refractivity contribution in [1.82, 2.24) is 9.97 Å². The van der Waals surface area contributed by atoms with Gasteiger partial charge in [0.05, 0.1) is 11.7 Å². The Morgan fingerprint density at radius 1 is 1.47 bits per heavy atom. The third-order valence-corrected chi connectivity index (χ3v) is 4.34. The first-order valence-electron chi connectivity index (χ1n) is 6.70. The zero-order chi connectivity index (χ0) is 13.2. The molecule has 2 N–H and O–H groups in total. The van der Waals surface area contributed by atoms with Crippen LogP contribution in [0.25, 0.3) is 0 Å². The number of nitrogens with two attached hydrogens (primary N) is 1. The molecule has 0 radical (unpaired) electrons. The van der Waals surface area contributed by atoms with Crippen LogP contribution in [0.2, 0.25) is 0 Å². The van der Waals surface area contributed by atoms with Crippen LogP contribution in [0.5, 0.6) is 0 Å². The SMILES string of the molecule is CCc1ccc(N2CCCC2c2csc(N)n2)nc1. The van der Waals surface area contributed by atoms with E-state index >= 15 is 0 Å². The monoisotopic (exact) mass is 274 g/mol. The van der Waals surface area contributed by atoms with Gasteiger partial charge in [0.25, 0.3) is 0 Å². The van der Waals surface area contributed by atoms with E-state index in [2.05, 4.69) is 39.3 Å². The van der Waals surface area contributed by atoms with Crippen molar-refractivity contribution in [3.63, 3.8) is 0 Å². The van der Waals surface area contributed by atoms with Crippen molar-refractivity contribution in [2.24, 2.45) is 0 Å².